The molecule has 146 valence electrons. The minimum atomic E-state index is -0.557. The van der Waals surface area contributed by atoms with Gasteiger partial charge in [-0.3, -0.25) is 0 Å². The van der Waals surface area contributed by atoms with Gasteiger partial charge in [0.25, 0.3) is 0 Å². The maximum Gasteiger partial charge on any atom is 0.363 e. The van der Waals surface area contributed by atoms with Crippen molar-refractivity contribution in [2.24, 2.45) is 4.99 Å². The highest BCUT2D eigenvalue weighted by Gasteiger charge is 2.27. The van der Waals surface area contributed by atoms with Crippen molar-refractivity contribution < 1.29 is 28.5 Å². The first-order valence-electron chi connectivity index (χ1n) is 8.66. The second-order valence-electron chi connectivity index (χ2n) is 5.71. The Hall–Kier alpha value is -3.48. The zero-order valence-corrected chi connectivity index (χ0v) is 16.1. The van der Waals surface area contributed by atoms with Gasteiger partial charge in [-0.05, 0) is 31.2 Å². The van der Waals surface area contributed by atoms with Crippen LogP contribution in [-0.4, -0.2) is 39.8 Å². The van der Waals surface area contributed by atoms with E-state index < -0.39 is 5.97 Å². The van der Waals surface area contributed by atoms with Crippen LogP contribution in [0.1, 0.15) is 18.1 Å². The molecule has 0 atom stereocenters. The van der Waals surface area contributed by atoms with Gasteiger partial charge in [0.15, 0.2) is 17.2 Å². The molecule has 3 rings (SSSR count). The average molecular weight is 383 g/mol. The predicted octanol–water partition coefficient (Wildman–Crippen LogP) is 3.46. The lowest BCUT2D eigenvalue weighted by Crippen LogP contribution is -2.07. The molecule has 0 spiro atoms. The molecular formula is C21H21NO6. The van der Waals surface area contributed by atoms with Crippen LogP contribution in [0.15, 0.2) is 47.1 Å². The minimum absolute atomic E-state index is 0.145. The summed E-state index contributed by atoms with van der Waals surface area (Å²) in [5.74, 6) is 1.77. The van der Waals surface area contributed by atoms with Crippen LogP contribution in [0.4, 0.5) is 0 Å². The van der Waals surface area contributed by atoms with E-state index in [1.807, 2.05) is 19.1 Å². The van der Waals surface area contributed by atoms with Crippen LogP contribution in [0.2, 0.25) is 0 Å². The molecule has 0 unspecified atom stereocenters. The molecule has 0 aromatic heterocycles. The molecule has 0 amide bonds. The van der Waals surface area contributed by atoms with Crippen LogP contribution in [0, 0.1) is 0 Å². The van der Waals surface area contributed by atoms with Crippen molar-refractivity contribution in [2.45, 2.75) is 6.92 Å². The van der Waals surface area contributed by atoms with E-state index >= 15 is 0 Å². The Balaban J connectivity index is 2.03. The Morgan fingerprint density at radius 3 is 2.32 bits per heavy atom. The quantitative estimate of drug-likeness (QED) is 0.538. The molecule has 1 heterocycles. The SMILES string of the molecule is CCOc1ccccc1C1=N/C(=C/c2cc(OC)c(OC)cc2OC)C(=O)O1. The molecule has 0 saturated heterocycles. The molecular weight excluding hydrogens is 362 g/mol. The van der Waals surface area contributed by atoms with Crippen molar-refractivity contribution in [3.8, 4) is 23.0 Å². The van der Waals surface area contributed by atoms with Crippen LogP contribution in [-0.2, 0) is 9.53 Å². The highest BCUT2D eigenvalue weighted by molar-refractivity contribution is 6.13. The van der Waals surface area contributed by atoms with E-state index in [2.05, 4.69) is 4.99 Å². The molecule has 2 aromatic carbocycles. The fourth-order valence-corrected chi connectivity index (χ4v) is 2.76. The lowest BCUT2D eigenvalue weighted by Gasteiger charge is -2.12. The first-order valence-corrected chi connectivity index (χ1v) is 8.66. The smallest absolute Gasteiger partial charge is 0.363 e. The molecule has 1 aliphatic heterocycles. The van der Waals surface area contributed by atoms with Gasteiger partial charge >= 0.3 is 5.97 Å². The number of aliphatic imine (C=N–C) groups is 1. The van der Waals surface area contributed by atoms with Gasteiger partial charge in [0.05, 0.1) is 33.5 Å². The monoisotopic (exact) mass is 383 g/mol. The maximum atomic E-state index is 12.4. The number of carbonyl (C=O) groups excluding carboxylic acids is 1. The normalized spacial score (nSPS) is 14.5. The number of methoxy groups -OCH3 is 3. The number of rotatable bonds is 7. The summed E-state index contributed by atoms with van der Waals surface area (Å²) in [5, 5.41) is 0. The Bertz CT molecular complexity index is 948. The van der Waals surface area contributed by atoms with Gasteiger partial charge in [-0.1, -0.05) is 12.1 Å². The molecule has 0 saturated carbocycles. The molecule has 0 aliphatic carbocycles. The Kier molecular flexibility index (Phi) is 5.84. The largest absolute Gasteiger partial charge is 0.496 e. The van der Waals surface area contributed by atoms with Crippen LogP contribution >= 0.6 is 0 Å². The van der Waals surface area contributed by atoms with Crippen molar-refractivity contribution in [3.05, 3.63) is 53.2 Å². The summed E-state index contributed by atoms with van der Waals surface area (Å²) in [6.07, 6.45) is 1.58. The van der Waals surface area contributed by atoms with Gasteiger partial charge in [-0.2, -0.15) is 0 Å². The molecule has 0 bridgehead atoms. The number of hydrogen-bond acceptors (Lipinski definition) is 7. The summed E-state index contributed by atoms with van der Waals surface area (Å²) >= 11 is 0. The Labute approximate surface area is 163 Å². The second kappa shape index (κ2) is 8.47. The van der Waals surface area contributed by atoms with E-state index in [1.165, 1.54) is 21.3 Å². The first kappa shape index (κ1) is 19.3. The lowest BCUT2D eigenvalue weighted by atomic mass is 10.1. The van der Waals surface area contributed by atoms with Crippen LogP contribution < -0.4 is 18.9 Å². The highest BCUT2D eigenvalue weighted by atomic mass is 16.6. The van der Waals surface area contributed by atoms with Crippen molar-refractivity contribution in [3.63, 3.8) is 0 Å². The van der Waals surface area contributed by atoms with E-state index in [-0.39, 0.29) is 11.6 Å². The molecule has 0 fully saturated rings. The number of para-hydroxylation sites is 1. The van der Waals surface area contributed by atoms with Gasteiger partial charge in [-0.25, -0.2) is 9.79 Å². The van der Waals surface area contributed by atoms with Crippen molar-refractivity contribution >= 4 is 17.9 Å². The van der Waals surface area contributed by atoms with Gasteiger partial charge in [0.1, 0.15) is 11.5 Å². The molecule has 7 heteroatoms. The fourth-order valence-electron chi connectivity index (χ4n) is 2.76. The Morgan fingerprint density at radius 1 is 0.964 bits per heavy atom. The van der Waals surface area contributed by atoms with E-state index in [0.29, 0.717) is 40.7 Å². The second-order valence-corrected chi connectivity index (χ2v) is 5.71. The third-order valence-corrected chi connectivity index (χ3v) is 4.07. The molecule has 28 heavy (non-hydrogen) atoms. The summed E-state index contributed by atoms with van der Waals surface area (Å²) in [7, 11) is 4.60. The fraction of sp³-hybridized carbons (Fsp3) is 0.238. The number of benzene rings is 2. The van der Waals surface area contributed by atoms with Gasteiger partial charge in [-0.15, -0.1) is 0 Å². The van der Waals surface area contributed by atoms with E-state index in [4.69, 9.17) is 23.7 Å². The standard InChI is InChI=1S/C21H21NO6/c1-5-27-16-9-7-6-8-14(16)20-22-15(21(23)28-20)10-13-11-18(25-3)19(26-4)12-17(13)24-2/h6-12H,5H2,1-4H3/b15-10+. The summed E-state index contributed by atoms with van der Waals surface area (Å²) in [5.41, 5.74) is 1.36. The molecule has 7 nitrogen and oxygen atoms in total. The van der Waals surface area contributed by atoms with Crippen molar-refractivity contribution in [1.82, 2.24) is 0 Å². The highest BCUT2D eigenvalue weighted by Crippen LogP contribution is 2.36. The van der Waals surface area contributed by atoms with Gasteiger partial charge < -0.3 is 23.7 Å². The summed E-state index contributed by atoms with van der Waals surface area (Å²) in [4.78, 5) is 16.7. The summed E-state index contributed by atoms with van der Waals surface area (Å²) < 4.78 is 26.9. The third kappa shape index (κ3) is 3.78. The van der Waals surface area contributed by atoms with E-state index in [0.717, 1.165) is 0 Å². The lowest BCUT2D eigenvalue weighted by molar-refractivity contribution is -0.129. The summed E-state index contributed by atoms with van der Waals surface area (Å²) in [6, 6.07) is 10.6. The molecule has 0 N–H and O–H groups in total. The van der Waals surface area contributed by atoms with Crippen molar-refractivity contribution in [2.75, 3.05) is 27.9 Å². The van der Waals surface area contributed by atoms with Crippen molar-refractivity contribution in [1.29, 1.82) is 0 Å². The maximum absolute atomic E-state index is 12.4. The first-order chi connectivity index (χ1) is 13.6. The average Bonchev–Trinajstić information content (AvgIpc) is 3.08. The Morgan fingerprint density at radius 2 is 1.64 bits per heavy atom. The zero-order chi connectivity index (χ0) is 20.1. The minimum Gasteiger partial charge on any atom is -0.496 e. The number of esters is 1. The molecule has 1 aliphatic rings. The number of nitrogens with zero attached hydrogens (tertiary/aromatic N) is 1. The number of ether oxygens (including phenoxy) is 5. The zero-order valence-electron chi connectivity index (χ0n) is 16.1. The topological polar surface area (TPSA) is 75.6 Å². The number of hydrogen-bond donors (Lipinski definition) is 0. The van der Waals surface area contributed by atoms with Gasteiger partial charge in [0.2, 0.25) is 5.90 Å². The van der Waals surface area contributed by atoms with Gasteiger partial charge in [0, 0.05) is 11.6 Å². The van der Waals surface area contributed by atoms with Crippen LogP contribution in [0.3, 0.4) is 0 Å². The third-order valence-electron chi connectivity index (χ3n) is 4.07. The summed E-state index contributed by atoms with van der Waals surface area (Å²) in [6.45, 7) is 2.37. The number of carbonyl (C=O) groups is 1. The van der Waals surface area contributed by atoms with Crippen LogP contribution in [0.5, 0.6) is 23.0 Å². The predicted molar refractivity (Wildman–Crippen MR) is 104 cm³/mol. The van der Waals surface area contributed by atoms with E-state index in [1.54, 1.807) is 30.3 Å². The van der Waals surface area contributed by atoms with E-state index in [9.17, 15) is 4.79 Å². The molecule has 0 radical (unpaired) electrons. The van der Waals surface area contributed by atoms with Crippen LogP contribution in [0.25, 0.3) is 6.08 Å². The molecule has 2 aromatic rings. The number of cyclic esters (lactones) is 1.